The number of piperidine rings is 1. The molecule has 0 aliphatic carbocycles. The molecule has 0 unspecified atom stereocenters. The van der Waals surface area contributed by atoms with Gasteiger partial charge in [-0.1, -0.05) is 26.0 Å². The zero-order valence-corrected chi connectivity index (χ0v) is 13.3. The lowest BCUT2D eigenvalue weighted by Gasteiger charge is -2.40. The lowest BCUT2D eigenvalue weighted by atomic mass is 9.86. The highest BCUT2D eigenvalue weighted by atomic mass is 16.5. The van der Waals surface area contributed by atoms with Gasteiger partial charge in [-0.2, -0.15) is 5.10 Å². The fourth-order valence-electron chi connectivity index (χ4n) is 3.54. The van der Waals surface area contributed by atoms with E-state index in [2.05, 4.69) is 47.1 Å². The largest absolute Gasteiger partial charge is 0.493 e. The highest BCUT2D eigenvalue weighted by Crippen LogP contribution is 2.45. The van der Waals surface area contributed by atoms with Crippen molar-refractivity contribution in [3.8, 4) is 17.0 Å². The number of rotatable bonds is 4. The molecule has 1 aromatic heterocycles. The van der Waals surface area contributed by atoms with Crippen molar-refractivity contribution >= 4 is 5.69 Å². The monoisotopic (exact) mass is 297 g/mol. The Kier molecular flexibility index (Phi) is 3.32. The van der Waals surface area contributed by atoms with Crippen molar-refractivity contribution in [2.75, 3.05) is 24.6 Å². The van der Waals surface area contributed by atoms with E-state index in [1.807, 2.05) is 6.07 Å². The van der Waals surface area contributed by atoms with E-state index in [-0.39, 0.29) is 0 Å². The van der Waals surface area contributed by atoms with E-state index in [9.17, 15) is 0 Å². The van der Waals surface area contributed by atoms with Crippen LogP contribution in [0, 0.1) is 5.92 Å². The maximum atomic E-state index is 5.86. The lowest BCUT2D eigenvalue weighted by Crippen LogP contribution is -2.38. The number of hydrogen-bond donors (Lipinski definition) is 1. The summed E-state index contributed by atoms with van der Waals surface area (Å²) in [5, 5.41) is 7.92. The summed E-state index contributed by atoms with van der Waals surface area (Å²) < 4.78 is 5.86. The maximum absolute atomic E-state index is 5.86. The van der Waals surface area contributed by atoms with Crippen LogP contribution in [-0.4, -0.2) is 29.9 Å². The molecule has 4 nitrogen and oxygen atoms in total. The molecule has 5 rings (SSSR count). The molecule has 2 bridgehead atoms. The molecule has 4 heteroatoms. The standard InChI is InChI=1S/C18H23N3O/c1-12(2)11-22-15-5-3-4-14(10-15)17-18-16(19-20-17)13-6-8-21(18)9-7-13/h3-5,10,12-13H,6-9,11H2,1-2H3,(H,19,20). The predicted molar refractivity (Wildman–Crippen MR) is 88.5 cm³/mol. The summed E-state index contributed by atoms with van der Waals surface area (Å²) in [6, 6.07) is 8.32. The molecular formula is C18H23N3O. The fourth-order valence-corrected chi connectivity index (χ4v) is 3.54. The molecule has 1 fully saturated rings. The Morgan fingerprint density at radius 3 is 2.91 bits per heavy atom. The summed E-state index contributed by atoms with van der Waals surface area (Å²) >= 11 is 0. The Hall–Kier alpha value is -1.97. The minimum Gasteiger partial charge on any atom is -0.493 e. The number of anilines is 1. The van der Waals surface area contributed by atoms with Crippen LogP contribution < -0.4 is 9.64 Å². The van der Waals surface area contributed by atoms with Crippen molar-refractivity contribution in [1.82, 2.24) is 10.2 Å². The number of H-pyrrole nitrogens is 1. The Labute approximate surface area is 131 Å². The molecule has 0 saturated carbocycles. The number of aromatic nitrogens is 2. The van der Waals surface area contributed by atoms with Crippen molar-refractivity contribution in [1.29, 1.82) is 0 Å². The van der Waals surface area contributed by atoms with E-state index >= 15 is 0 Å². The number of hydrogen-bond acceptors (Lipinski definition) is 3. The predicted octanol–water partition coefficient (Wildman–Crippen LogP) is 3.81. The van der Waals surface area contributed by atoms with Gasteiger partial charge in [0.25, 0.3) is 0 Å². The second-order valence-electron chi connectivity index (χ2n) is 6.83. The van der Waals surface area contributed by atoms with Crippen molar-refractivity contribution in [2.24, 2.45) is 5.92 Å². The van der Waals surface area contributed by atoms with Crippen LogP contribution in [0.25, 0.3) is 11.3 Å². The molecule has 3 aliphatic rings. The topological polar surface area (TPSA) is 41.1 Å². The normalized spacial score (nSPS) is 17.1. The van der Waals surface area contributed by atoms with Gasteiger partial charge in [0.1, 0.15) is 11.4 Å². The van der Waals surface area contributed by atoms with Gasteiger partial charge in [0, 0.05) is 24.6 Å². The van der Waals surface area contributed by atoms with Crippen molar-refractivity contribution in [2.45, 2.75) is 32.6 Å². The second-order valence-corrected chi connectivity index (χ2v) is 6.83. The van der Waals surface area contributed by atoms with Gasteiger partial charge in [0.15, 0.2) is 0 Å². The molecule has 116 valence electrons. The van der Waals surface area contributed by atoms with Crippen molar-refractivity contribution in [3.63, 3.8) is 0 Å². The zero-order chi connectivity index (χ0) is 15.1. The van der Waals surface area contributed by atoms with Gasteiger partial charge in [-0.25, -0.2) is 0 Å². The summed E-state index contributed by atoms with van der Waals surface area (Å²) in [7, 11) is 0. The first-order valence-electron chi connectivity index (χ1n) is 8.29. The molecule has 0 atom stereocenters. The minimum absolute atomic E-state index is 0.531. The quantitative estimate of drug-likeness (QED) is 0.933. The SMILES string of the molecule is CC(C)COc1cccc(-c2n[nH]c3c2N2CCC3CC2)c1. The van der Waals surface area contributed by atoms with Crippen molar-refractivity contribution in [3.05, 3.63) is 30.0 Å². The molecule has 0 amide bonds. The van der Waals surface area contributed by atoms with Gasteiger partial charge in [-0.15, -0.1) is 0 Å². The first-order valence-corrected chi connectivity index (χ1v) is 8.29. The summed E-state index contributed by atoms with van der Waals surface area (Å²) in [6.45, 7) is 7.40. The molecule has 3 aliphatic heterocycles. The number of benzene rings is 1. The summed E-state index contributed by atoms with van der Waals surface area (Å²) in [4.78, 5) is 2.48. The summed E-state index contributed by atoms with van der Waals surface area (Å²) in [6.07, 6.45) is 2.51. The molecule has 0 spiro atoms. The molecule has 2 aromatic rings. The van der Waals surface area contributed by atoms with E-state index in [4.69, 9.17) is 4.74 Å². The molecule has 22 heavy (non-hydrogen) atoms. The van der Waals surface area contributed by atoms with Crippen LogP contribution in [0.5, 0.6) is 5.75 Å². The van der Waals surface area contributed by atoms with E-state index in [0.717, 1.165) is 36.7 Å². The number of fused-ring (bicyclic) bond motifs is 2. The molecule has 1 N–H and O–H groups in total. The van der Waals surface area contributed by atoms with Crippen LogP contribution in [0.4, 0.5) is 5.69 Å². The van der Waals surface area contributed by atoms with Crippen LogP contribution in [0.1, 0.15) is 38.3 Å². The Morgan fingerprint density at radius 1 is 1.32 bits per heavy atom. The second kappa shape index (κ2) is 5.34. The van der Waals surface area contributed by atoms with E-state index < -0.39 is 0 Å². The zero-order valence-electron chi connectivity index (χ0n) is 13.3. The molecule has 1 saturated heterocycles. The lowest BCUT2D eigenvalue weighted by molar-refractivity contribution is 0.271. The average Bonchev–Trinajstić information content (AvgIpc) is 3.01. The van der Waals surface area contributed by atoms with Crippen LogP contribution in [-0.2, 0) is 0 Å². The number of nitrogens with zero attached hydrogens (tertiary/aromatic N) is 2. The number of aromatic amines is 1. The van der Waals surface area contributed by atoms with Gasteiger partial charge in [-0.05, 0) is 30.9 Å². The summed E-state index contributed by atoms with van der Waals surface area (Å²) in [5.74, 6) is 2.13. The smallest absolute Gasteiger partial charge is 0.119 e. The Bertz CT molecular complexity index is 669. The number of nitrogens with one attached hydrogen (secondary N) is 1. The Morgan fingerprint density at radius 2 is 2.14 bits per heavy atom. The molecule has 4 heterocycles. The van der Waals surface area contributed by atoms with E-state index in [1.54, 1.807) is 0 Å². The average molecular weight is 297 g/mol. The van der Waals surface area contributed by atoms with Crippen LogP contribution in [0.3, 0.4) is 0 Å². The van der Waals surface area contributed by atoms with Crippen LogP contribution in [0.15, 0.2) is 24.3 Å². The molecule has 1 aromatic carbocycles. The Balaban J connectivity index is 1.67. The van der Waals surface area contributed by atoms with Crippen LogP contribution in [0.2, 0.25) is 0 Å². The van der Waals surface area contributed by atoms with Gasteiger partial charge < -0.3 is 9.64 Å². The number of ether oxygens (including phenoxy) is 1. The van der Waals surface area contributed by atoms with Crippen molar-refractivity contribution < 1.29 is 4.74 Å². The fraction of sp³-hybridized carbons (Fsp3) is 0.500. The van der Waals surface area contributed by atoms with Gasteiger partial charge >= 0.3 is 0 Å². The molecular weight excluding hydrogens is 274 g/mol. The van der Waals surface area contributed by atoms with Crippen LogP contribution >= 0.6 is 0 Å². The van der Waals surface area contributed by atoms with E-state index in [1.165, 1.54) is 24.2 Å². The van der Waals surface area contributed by atoms with E-state index in [0.29, 0.717) is 11.8 Å². The highest BCUT2D eigenvalue weighted by molar-refractivity contribution is 5.79. The first-order chi connectivity index (χ1) is 10.7. The van der Waals surface area contributed by atoms with Gasteiger partial charge in [0.05, 0.1) is 18.0 Å². The van der Waals surface area contributed by atoms with Gasteiger partial charge in [-0.3, -0.25) is 5.10 Å². The third-order valence-electron chi connectivity index (χ3n) is 4.68. The maximum Gasteiger partial charge on any atom is 0.119 e. The molecule has 0 radical (unpaired) electrons. The first kappa shape index (κ1) is 13.7. The minimum atomic E-state index is 0.531. The summed E-state index contributed by atoms with van der Waals surface area (Å²) in [5.41, 5.74) is 4.88. The van der Waals surface area contributed by atoms with Gasteiger partial charge in [0.2, 0.25) is 0 Å². The highest BCUT2D eigenvalue weighted by Gasteiger charge is 2.35. The third-order valence-corrected chi connectivity index (χ3v) is 4.68. The third kappa shape index (κ3) is 2.27.